The number of benzene rings is 1. The van der Waals surface area contributed by atoms with Crippen LogP contribution in [0.1, 0.15) is 63.8 Å². The van der Waals surface area contributed by atoms with Gasteiger partial charge in [0.1, 0.15) is 5.75 Å². The summed E-state index contributed by atoms with van der Waals surface area (Å²) in [4.78, 5) is 0. The number of unbranched alkanes of at least 4 members (excludes halogenated alkanes) is 4. The molecular weight excluding hydrogens is 332 g/mol. The molecule has 1 heterocycles. The Labute approximate surface area is 155 Å². The van der Waals surface area contributed by atoms with Crippen molar-refractivity contribution in [3.63, 3.8) is 0 Å². The first-order valence-corrected chi connectivity index (χ1v) is 9.59. The fourth-order valence-corrected chi connectivity index (χ4v) is 2.75. The van der Waals surface area contributed by atoms with Gasteiger partial charge in [0.05, 0.1) is 12.8 Å². The molecule has 6 heteroatoms. The molecule has 0 fully saturated rings. The number of nitrogens with one attached hydrogen (secondary N) is 1. The van der Waals surface area contributed by atoms with Crippen molar-refractivity contribution in [2.75, 3.05) is 6.61 Å². The summed E-state index contributed by atoms with van der Waals surface area (Å²) in [6.45, 7) is 5.07. The Morgan fingerprint density at radius 1 is 1.16 bits per heavy atom. The lowest BCUT2D eigenvalue weighted by atomic mass is 10.2. The molecule has 2 rings (SSSR count). The Morgan fingerprint density at radius 3 is 2.76 bits per heavy atom. The van der Waals surface area contributed by atoms with E-state index in [1.165, 1.54) is 25.7 Å². The van der Waals surface area contributed by atoms with Gasteiger partial charge in [-0.15, -0.1) is 0 Å². The molecule has 25 heavy (non-hydrogen) atoms. The van der Waals surface area contributed by atoms with Crippen LogP contribution in [0.5, 0.6) is 5.75 Å². The van der Waals surface area contributed by atoms with Gasteiger partial charge in [0, 0.05) is 12.0 Å². The Bertz CT molecular complexity index is 720. The number of nitrogens with zero attached hydrogens (tertiary/aromatic N) is 3. The molecule has 0 saturated heterocycles. The van der Waals surface area contributed by atoms with Crippen LogP contribution in [0.25, 0.3) is 0 Å². The van der Waals surface area contributed by atoms with Crippen LogP contribution >= 0.6 is 12.2 Å². The summed E-state index contributed by atoms with van der Waals surface area (Å²) in [6, 6.07) is 7.95. The number of hydrogen-bond acceptors (Lipinski definition) is 4. The zero-order valence-corrected chi connectivity index (χ0v) is 16.0. The Balaban J connectivity index is 2.00. The molecular formula is C19H28N4OS. The summed E-state index contributed by atoms with van der Waals surface area (Å²) in [6.07, 6.45) is 9.75. The van der Waals surface area contributed by atoms with Crippen molar-refractivity contribution >= 4 is 18.4 Å². The molecule has 1 aromatic heterocycles. The molecule has 0 radical (unpaired) electrons. The average Bonchev–Trinajstić information content (AvgIpc) is 2.97. The third kappa shape index (κ3) is 6.12. The number of H-pyrrole nitrogens is 1. The van der Waals surface area contributed by atoms with Gasteiger partial charge in [-0.2, -0.15) is 14.9 Å². The standard InChI is InChI=1S/C19H28N4OS/c1-3-5-6-7-10-14-24-17-13-9-8-12-16(17)15-20-23-18(11-4-2)21-22-19(23)25/h8-9,12-13,15H,3-7,10-11,14H2,1-2H3,(H,22,25)/b20-15-. The number of aromatic amines is 1. The minimum atomic E-state index is 0.508. The Hall–Kier alpha value is -1.95. The third-order valence-electron chi connectivity index (χ3n) is 3.93. The fraction of sp³-hybridized carbons (Fsp3) is 0.526. The molecule has 0 bridgehead atoms. The number of aryl methyl sites for hydroxylation is 1. The average molecular weight is 361 g/mol. The Morgan fingerprint density at radius 2 is 1.96 bits per heavy atom. The van der Waals surface area contributed by atoms with Crippen molar-refractivity contribution in [2.45, 2.75) is 58.8 Å². The molecule has 136 valence electrons. The molecule has 1 aromatic carbocycles. The first-order chi connectivity index (χ1) is 12.3. The lowest BCUT2D eigenvalue weighted by molar-refractivity contribution is 0.304. The maximum absolute atomic E-state index is 5.95. The van der Waals surface area contributed by atoms with E-state index in [1.807, 2.05) is 24.3 Å². The maximum atomic E-state index is 5.95. The molecule has 0 aliphatic heterocycles. The van der Waals surface area contributed by atoms with Gasteiger partial charge in [0.25, 0.3) is 0 Å². The second-order valence-corrected chi connectivity index (χ2v) is 6.44. The number of para-hydroxylation sites is 1. The highest BCUT2D eigenvalue weighted by Crippen LogP contribution is 2.17. The van der Waals surface area contributed by atoms with E-state index in [0.717, 1.165) is 43.0 Å². The first kappa shape index (κ1) is 19.4. The minimum absolute atomic E-state index is 0.508. The van der Waals surface area contributed by atoms with Crippen molar-refractivity contribution in [1.29, 1.82) is 0 Å². The quantitative estimate of drug-likeness (QED) is 0.343. The highest BCUT2D eigenvalue weighted by Gasteiger charge is 2.05. The molecule has 1 N–H and O–H groups in total. The van der Waals surface area contributed by atoms with Crippen molar-refractivity contribution < 1.29 is 4.74 Å². The second kappa shape index (κ2) is 10.8. The van der Waals surface area contributed by atoms with E-state index in [2.05, 4.69) is 29.1 Å². The largest absolute Gasteiger partial charge is 0.493 e. The lowest BCUT2D eigenvalue weighted by Crippen LogP contribution is -2.02. The lowest BCUT2D eigenvalue weighted by Gasteiger charge is -2.09. The van der Waals surface area contributed by atoms with Crippen LogP contribution in [-0.2, 0) is 6.42 Å². The van der Waals surface area contributed by atoms with E-state index < -0.39 is 0 Å². The monoisotopic (exact) mass is 360 g/mol. The van der Waals surface area contributed by atoms with E-state index >= 15 is 0 Å². The van der Waals surface area contributed by atoms with Gasteiger partial charge in [-0.3, -0.25) is 5.10 Å². The van der Waals surface area contributed by atoms with E-state index in [-0.39, 0.29) is 0 Å². The molecule has 0 saturated carbocycles. The van der Waals surface area contributed by atoms with Gasteiger partial charge in [-0.1, -0.05) is 51.7 Å². The summed E-state index contributed by atoms with van der Waals surface area (Å²) in [5.74, 6) is 1.70. The predicted octanol–water partition coefficient (Wildman–Crippen LogP) is 5.12. The van der Waals surface area contributed by atoms with E-state index in [4.69, 9.17) is 17.0 Å². The molecule has 0 unspecified atom stereocenters. The summed E-state index contributed by atoms with van der Waals surface area (Å²) in [5.41, 5.74) is 0.946. The van der Waals surface area contributed by atoms with Crippen LogP contribution in [-0.4, -0.2) is 27.7 Å². The van der Waals surface area contributed by atoms with Gasteiger partial charge in [-0.25, -0.2) is 0 Å². The summed E-state index contributed by atoms with van der Waals surface area (Å²) in [7, 11) is 0. The Kier molecular flexibility index (Phi) is 8.39. The zero-order chi connectivity index (χ0) is 17.9. The van der Waals surface area contributed by atoms with Crippen LogP contribution in [0.15, 0.2) is 29.4 Å². The third-order valence-corrected chi connectivity index (χ3v) is 4.19. The smallest absolute Gasteiger partial charge is 0.216 e. The van der Waals surface area contributed by atoms with Gasteiger partial charge < -0.3 is 4.74 Å². The number of ether oxygens (including phenoxy) is 1. The molecule has 2 aromatic rings. The zero-order valence-electron chi connectivity index (χ0n) is 15.2. The second-order valence-electron chi connectivity index (χ2n) is 6.05. The van der Waals surface area contributed by atoms with E-state index in [0.29, 0.717) is 4.77 Å². The highest BCUT2D eigenvalue weighted by molar-refractivity contribution is 7.71. The highest BCUT2D eigenvalue weighted by atomic mass is 32.1. The molecule has 0 aliphatic carbocycles. The molecule has 0 amide bonds. The summed E-state index contributed by atoms with van der Waals surface area (Å²) >= 11 is 5.26. The number of rotatable bonds is 11. The van der Waals surface area contributed by atoms with Crippen molar-refractivity contribution in [1.82, 2.24) is 14.9 Å². The van der Waals surface area contributed by atoms with Crippen molar-refractivity contribution in [3.8, 4) is 5.75 Å². The molecule has 0 aliphatic rings. The van der Waals surface area contributed by atoms with Crippen LogP contribution in [0.4, 0.5) is 0 Å². The van der Waals surface area contributed by atoms with Gasteiger partial charge in [0.15, 0.2) is 5.82 Å². The molecule has 0 atom stereocenters. The van der Waals surface area contributed by atoms with Crippen molar-refractivity contribution in [2.24, 2.45) is 5.10 Å². The summed E-state index contributed by atoms with van der Waals surface area (Å²) in [5, 5.41) is 11.5. The maximum Gasteiger partial charge on any atom is 0.216 e. The van der Waals surface area contributed by atoms with Gasteiger partial charge in [-0.05, 0) is 37.2 Å². The molecule has 0 spiro atoms. The number of hydrogen-bond donors (Lipinski definition) is 1. The minimum Gasteiger partial charge on any atom is -0.493 e. The van der Waals surface area contributed by atoms with Crippen LogP contribution in [0.3, 0.4) is 0 Å². The van der Waals surface area contributed by atoms with Crippen LogP contribution < -0.4 is 4.74 Å². The SMILES string of the molecule is CCCCCCCOc1ccccc1/C=N\n1c(CCC)n[nH]c1=S. The number of aromatic nitrogens is 3. The van der Waals surface area contributed by atoms with Gasteiger partial charge >= 0.3 is 0 Å². The normalized spacial score (nSPS) is 11.3. The first-order valence-electron chi connectivity index (χ1n) is 9.18. The van der Waals surface area contributed by atoms with Gasteiger partial charge in [0.2, 0.25) is 4.77 Å². The van der Waals surface area contributed by atoms with E-state index in [1.54, 1.807) is 10.9 Å². The predicted molar refractivity (Wildman–Crippen MR) is 105 cm³/mol. The summed E-state index contributed by atoms with van der Waals surface area (Å²) < 4.78 is 8.13. The molecule has 5 nitrogen and oxygen atoms in total. The topological polar surface area (TPSA) is 55.2 Å². The van der Waals surface area contributed by atoms with Crippen molar-refractivity contribution in [3.05, 3.63) is 40.4 Å². The van der Waals surface area contributed by atoms with Crippen LogP contribution in [0.2, 0.25) is 0 Å². The van der Waals surface area contributed by atoms with E-state index in [9.17, 15) is 0 Å². The fourth-order valence-electron chi connectivity index (χ4n) is 2.56. The van der Waals surface area contributed by atoms with Crippen LogP contribution in [0, 0.1) is 4.77 Å².